The molecule has 2 aliphatic rings. The van der Waals surface area contributed by atoms with Crippen LogP contribution < -0.4 is 0 Å². The zero-order chi connectivity index (χ0) is 26.8. The quantitative estimate of drug-likeness (QED) is 0.397. The summed E-state index contributed by atoms with van der Waals surface area (Å²) in [5, 5.41) is 0. The van der Waals surface area contributed by atoms with E-state index in [1.165, 1.54) is 30.0 Å². The minimum absolute atomic E-state index is 0.0329. The molecular weight excluding hydrogens is 498 g/mol. The maximum atomic E-state index is 13.4. The van der Waals surface area contributed by atoms with E-state index in [0.29, 0.717) is 10.5 Å². The molecule has 0 saturated carbocycles. The SMILES string of the molecule is C=C(/C=C\C=C(/C)S(=O)N1CCC(=O)N2C(Cc3ccc(F)cc3)C(=O)N(C(C)C)CC21)C(F)(F)F. The number of piperazine rings is 1. The molecule has 196 valence electrons. The van der Waals surface area contributed by atoms with Crippen LogP contribution in [-0.4, -0.2) is 67.6 Å². The maximum absolute atomic E-state index is 13.4. The van der Waals surface area contributed by atoms with Crippen LogP contribution in [0.25, 0.3) is 0 Å². The normalized spacial score (nSPS) is 22.9. The van der Waals surface area contributed by atoms with Crippen molar-refractivity contribution in [3.8, 4) is 0 Å². The van der Waals surface area contributed by atoms with E-state index < -0.39 is 40.8 Å². The van der Waals surface area contributed by atoms with Gasteiger partial charge in [0.05, 0.1) is 6.54 Å². The Balaban J connectivity index is 1.90. The second kappa shape index (κ2) is 11.1. The van der Waals surface area contributed by atoms with Crippen molar-refractivity contribution in [1.82, 2.24) is 14.1 Å². The fourth-order valence-electron chi connectivity index (χ4n) is 4.25. The standard InChI is InChI=1S/C25H29F4N3O3S/c1-16(2)30-15-22-31(36(35)18(4)7-5-6-17(3)25(27,28)29)13-12-23(33)32(22)21(24(30)34)14-19-8-10-20(26)11-9-19/h5-11,16,21-22H,3,12-15H2,1-2,4H3/b6-5-,18-7+. The third kappa shape index (κ3) is 6.12. The highest BCUT2D eigenvalue weighted by atomic mass is 32.2. The fraction of sp³-hybridized carbons (Fsp3) is 0.440. The Morgan fingerprint density at radius 2 is 1.86 bits per heavy atom. The number of hydrogen-bond acceptors (Lipinski definition) is 3. The fourth-order valence-corrected chi connectivity index (χ4v) is 5.46. The van der Waals surface area contributed by atoms with Crippen molar-refractivity contribution in [3.63, 3.8) is 0 Å². The predicted molar refractivity (Wildman–Crippen MR) is 129 cm³/mol. The number of halogens is 4. The highest BCUT2D eigenvalue weighted by molar-refractivity contribution is 7.86. The number of carbonyl (C=O) groups excluding carboxylic acids is 2. The third-order valence-electron chi connectivity index (χ3n) is 6.20. The molecule has 0 spiro atoms. The molecule has 1 aromatic carbocycles. The number of alkyl halides is 3. The number of hydrogen-bond donors (Lipinski definition) is 0. The van der Waals surface area contributed by atoms with Gasteiger partial charge in [-0.15, -0.1) is 0 Å². The van der Waals surface area contributed by atoms with Gasteiger partial charge >= 0.3 is 6.18 Å². The third-order valence-corrected chi connectivity index (χ3v) is 7.74. The van der Waals surface area contributed by atoms with Gasteiger partial charge in [0.1, 0.15) is 29.0 Å². The lowest BCUT2D eigenvalue weighted by atomic mass is 9.97. The van der Waals surface area contributed by atoms with Crippen LogP contribution in [0.5, 0.6) is 0 Å². The Hall–Kier alpha value is -2.79. The number of nitrogens with zero attached hydrogens (tertiary/aromatic N) is 3. The lowest BCUT2D eigenvalue weighted by Gasteiger charge is -2.52. The van der Waals surface area contributed by atoms with Crippen LogP contribution >= 0.6 is 0 Å². The number of amides is 2. The lowest BCUT2D eigenvalue weighted by Crippen LogP contribution is -2.71. The summed E-state index contributed by atoms with van der Waals surface area (Å²) in [6, 6.07) is 4.65. The Morgan fingerprint density at radius 3 is 2.44 bits per heavy atom. The van der Waals surface area contributed by atoms with E-state index in [1.807, 2.05) is 13.8 Å². The molecule has 3 atom stereocenters. The zero-order valence-corrected chi connectivity index (χ0v) is 21.1. The Bertz CT molecular complexity index is 1100. The Morgan fingerprint density at radius 1 is 1.22 bits per heavy atom. The van der Waals surface area contributed by atoms with Crippen molar-refractivity contribution >= 4 is 22.8 Å². The van der Waals surface area contributed by atoms with Gasteiger partial charge in [-0.2, -0.15) is 17.5 Å². The second-order valence-electron chi connectivity index (χ2n) is 9.01. The first-order chi connectivity index (χ1) is 16.8. The van der Waals surface area contributed by atoms with E-state index in [9.17, 15) is 31.4 Å². The van der Waals surface area contributed by atoms with Gasteiger partial charge in [-0.1, -0.05) is 30.9 Å². The van der Waals surface area contributed by atoms with Gasteiger partial charge in [-0.3, -0.25) is 9.59 Å². The van der Waals surface area contributed by atoms with Gasteiger partial charge in [0, 0.05) is 35.9 Å². The summed E-state index contributed by atoms with van der Waals surface area (Å²) >= 11 is 0. The minimum Gasteiger partial charge on any atom is -0.335 e. The molecule has 3 rings (SSSR count). The van der Waals surface area contributed by atoms with Crippen molar-refractivity contribution < 1.29 is 31.4 Å². The van der Waals surface area contributed by atoms with E-state index in [0.717, 1.165) is 12.2 Å². The average molecular weight is 528 g/mol. The summed E-state index contributed by atoms with van der Waals surface area (Å²) in [5.41, 5.74) is -0.356. The van der Waals surface area contributed by atoms with E-state index in [4.69, 9.17) is 0 Å². The van der Waals surface area contributed by atoms with E-state index in [2.05, 4.69) is 6.58 Å². The van der Waals surface area contributed by atoms with Crippen LogP contribution in [0.2, 0.25) is 0 Å². The van der Waals surface area contributed by atoms with Gasteiger partial charge in [0.15, 0.2) is 0 Å². The maximum Gasteiger partial charge on any atom is 0.415 e. The van der Waals surface area contributed by atoms with Gasteiger partial charge in [-0.05, 0) is 44.5 Å². The highest BCUT2D eigenvalue weighted by Crippen LogP contribution is 2.31. The molecular formula is C25H29F4N3O3S. The molecule has 0 aliphatic carbocycles. The van der Waals surface area contributed by atoms with Crippen LogP contribution in [0, 0.1) is 5.82 Å². The number of carbonyl (C=O) groups is 2. The molecule has 2 saturated heterocycles. The van der Waals surface area contributed by atoms with Gasteiger partial charge in [0.2, 0.25) is 11.8 Å². The second-order valence-corrected chi connectivity index (χ2v) is 10.6. The Kier molecular flexibility index (Phi) is 8.55. The zero-order valence-electron chi connectivity index (χ0n) is 20.3. The van der Waals surface area contributed by atoms with Crippen molar-refractivity contribution in [3.05, 3.63) is 70.9 Å². The summed E-state index contributed by atoms with van der Waals surface area (Å²) in [7, 11) is -1.77. The summed E-state index contributed by atoms with van der Waals surface area (Å²) in [6.45, 7) is 8.50. The van der Waals surface area contributed by atoms with Gasteiger partial charge in [0.25, 0.3) is 0 Å². The first-order valence-electron chi connectivity index (χ1n) is 11.5. The first kappa shape index (κ1) is 27.8. The summed E-state index contributed by atoms with van der Waals surface area (Å²) < 4.78 is 66.4. The summed E-state index contributed by atoms with van der Waals surface area (Å²) in [4.78, 5) is 29.8. The number of benzene rings is 1. The molecule has 36 heavy (non-hydrogen) atoms. The van der Waals surface area contributed by atoms with E-state index >= 15 is 0 Å². The summed E-state index contributed by atoms with van der Waals surface area (Å²) in [5.74, 6) is -0.909. The molecule has 2 amide bonds. The number of rotatable bonds is 7. The molecule has 11 heteroatoms. The van der Waals surface area contributed by atoms with Gasteiger partial charge < -0.3 is 9.80 Å². The Labute approximate surface area is 210 Å². The molecule has 2 heterocycles. The average Bonchev–Trinajstić information content (AvgIpc) is 2.80. The molecule has 0 radical (unpaired) electrons. The summed E-state index contributed by atoms with van der Waals surface area (Å²) in [6.07, 6.45) is -1.79. The van der Waals surface area contributed by atoms with Crippen LogP contribution in [-0.2, 0) is 27.0 Å². The van der Waals surface area contributed by atoms with Crippen LogP contribution in [0.3, 0.4) is 0 Å². The van der Waals surface area contributed by atoms with Gasteiger partial charge in [-0.25, -0.2) is 8.60 Å². The highest BCUT2D eigenvalue weighted by Gasteiger charge is 2.49. The smallest absolute Gasteiger partial charge is 0.335 e. The van der Waals surface area contributed by atoms with Crippen molar-refractivity contribution in [1.29, 1.82) is 0 Å². The van der Waals surface area contributed by atoms with E-state index in [1.54, 1.807) is 21.3 Å². The largest absolute Gasteiger partial charge is 0.415 e. The predicted octanol–water partition coefficient (Wildman–Crippen LogP) is 4.09. The molecule has 6 nitrogen and oxygen atoms in total. The van der Waals surface area contributed by atoms with Crippen LogP contribution in [0.15, 0.2) is 59.6 Å². The van der Waals surface area contributed by atoms with Crippen LogP contribution in [0.1, 0.15) is 32.8 Å². The van der Waals surface area contributed by atoms with Crippen molar-refractivity contribution in [2.45, 2.75) is 58.0 Å². The molecule has 2 fully saturated rings. The lowest BCUT2D eigenvalue weighted by molar-refractivity contribution is -0.166. The number of allylic oxidation sites excluding steroid dienone is 5. The molecule has 0 N–H and O–H groups in total. The van der Waals surface area contributed by atoms with Crippen LogP contribution in [0.4, 0.5) is 17.6 Å². The monoisotopic (exact) mass is 527 g/mol. The molecule has 0 aromatic heterocycles. The molecule has 3 unspecified atom stereocenters. The van der Waals surface area contributed by atoms with E-state index in [-0.39, 0.29) is 43.8 Å². The molecule has 0 bridgehead atoms. The topological polar surface area (TPSA) is 60.9 Å². The first-order valence-corrected chi connectivity index (χ1v) is 12.6. The van der Waals surface area contributed by atoms with Crippen molar-refractivity contribution in [2.75, 3.05) is 13.1 Å². The number of fused-ring (bicyclic) bond motifs is 1. The molecule has 1 aromatic rings. The molecule has 2 aliphatic heterocycles. The van der Waals surface area contributed by atoms with Crippen molar-refractivity contribution in [2.24, 2.45) is 0 Å². The minimum atomic E-state index is -4.56.